The molecule has 2 heterocycles. The van der Waals surface area contributed by atoms with E-state index in [4.69, 9.17) is 28.5 Å². The Bertz CT molecular complexity index is 1220. The van der Waals surface area contributed by atoms with Crippen LogP contribution in [0.25, 0.3) is 10.1 Å². The molecule has 0 amide bonds. The third-order valence-electron chi connectivity index (χ3n) is 8.01. The second kappa shape index (κ2) is 19.6. The minimum absolute atomic E-state index is 0.0943. The van der Waals surface area contributed by atoms with Gasteiger partial charge < -0.3 is 23.7 Å². The monoisotopic (exact) mass is 641 g/mol. The fraction of sp³-hybridized carbons (Fsp3) is 0.622. The molecule has 250 valence electrons. The van der Waals surface area contributed by atoms with Gasteiger partial charge in [0, 0.05) is 61.9 Å². The maximum Gasteiger partial charge on any atom is 0.125 e. The van der Waals surface area contributed by atoms with Crippen LogP contribution in [0.2, 0.25) is 0 Å². The molecule has 4 rings (SSSR count). The van der Waals surface area contributed by atoms with E-state index in [9.17, 15) is 0 Å². The summed E-state index contributed by atoms with van der Waals surface area (Å²) in [5, 5.41) is 2.98. The first-order valence-electron chi connectivity index (χ1n) is 17.0. The molecule has 0 bridgehead atoms. The number of hydrogen-bond acceptors (Lipinski definition) is 8. The van der Waals surface area contributed by atoms with E-state index in [0.717, 1.165) is 69.3 Å². The highest BCUT2D eigenvalue weighted by atomic mass is 32.1. The van der Waals surface area contributed by atoms with Crippen LogP contribution in [0.15, 0.2) is 48.5 Å². The molecular formula is C37H55NO6S. The maximum absolute atomic E-state index is 6.92. The topological polar surface area (TPSA) is 58.6 Å². The minimum Gasteiger partial charge on any atom is -0.491 e. The zero-order valence-electron chi connectivity index (χ0n) is 28.1. The molecule has 1 aliphatic heterocycles. The van der Waals surface area contributed by atoms with Gasteiger partial charge in [0.05, 0.1) is 18.8 Å². The first-order chi connectivity index (χ1) is 22.0. The average Bonchev–Trinajstić information content (AvgIpc) is 3.45. The number of ether oxygens (including phenoxy) is 5. The molecule has 0 aliphatic carbocycles. The summed E-state index contributed by atoms with van der Waals surface area (Å²) >= 11 is 1.85. The van der Waals surface area contributed by atoms with E-state index in [0.29, 0.717) is 33.0 Å². The first-order valence-corrected chi connectivity index (χ1v) is 17.8. The van der Waals surface area contributed by atoms with Gasteiger partial charge in [0.25, 0.3) is 0 Å². The molecule has 45 heavy (non-hydrogen) atoms. The number of unbranched alkanes of at least 4 members (excludes halogenated alkanes) is 3. The van der Waals surface area contributed by atoms with Gasteiger partial charge in [-0.3, -0.25) is 4.84 Å². The smallest absolute Gasteiger partial charge is 0.125 e. The van der Waals surface area contributed by atoms with Crippen molar-refractivity contribution in [2.75, 3.05) is 53.7 Å². The van der Waals surface area contributed by atoms with Gasteiger partial charge in [-0.05, 0) is 54.5 Å². The van der Waals surface area contributed by atoms with Crippen LogP contribution < -0.4 is 4.74 Å². The van der Waals surface area contributed by atoms with Crippen LogP contribution >= 0.6 is 11.3 Å². The van der Waals surface area contributed by atoms with Gasteiger partial charge in [0.15, 0.2) is 0 Å². The van der Waals surface area contributed by atoms with Crippen molar-refractivity contribution in [1.82, 2.24) is 5.06 Å². The number of fused-ring (bicyclic) bond motifs is 1. The van der Waals surface area contributed by atoms with Crippen LogP contribution in [0.3, 0.4) is 0 Å². The molecule has 0 unspecified atom stereocenters. The van der Waals surface area contributed by atoms with Gasteiger partial charge in [0.2, 0.25) is 0 Å². The summed E-state index contributed by atoms with van der Waals surface area (Å²) in [5.74, 6) is 0.798. The molecule has 0 radical (unpaired) electrons. The Kier molecular flexibility index (Phi) is 15.6. The Morgan fingerprint density at radius 3 is 2.36 bits per heavy atom. The predicted octanol–water partition coefficient (Wildman–Crippen LogP) is 8.38. The zero-order chi connectivity index (χ0) is 31.9. The largest absolute Gasteiger partial charge is 0.491 e. The van der Waals surface area contributed by atoms with Crippen LogP contribution in [0.5, 0.6) is 5.75 Å². The van der Waals surface area contributed by atoms with Gasteiger partial charge in [-0.1, -0.05) is 64.3 Å². The van der Waals surface area contributed by atoms with E-state index in [2.05, 4.69) is 69.3 Å². The number of nitrogens with zero attached hydrogens (tertiary/aromatic N) is 1. The molecule has 7 nitrogen and oxygen atoms in total. The molecule has 4 atom stereocenters. The molecule has 2 aromatic carbocycles. The molecule has 3 aromatic rings. The number of thiophene rings is 1. The lowest BCUT2D eigenvalue weighted by Crippen LogP contribution is -2.48. The highest BCUT2D eigenvalue weighted by Crippen LogP contribution is 2.41. The Morgan fingerprint density at radius 2 is 1.60 bits per heavy atom. The first kappa shape index (κ1) is 35.8. The Labute approximate surface area is 275 Å². The van der Waals surface area contributed by atoms with Crippen LogP contribution in [0, 0.1) is 0 Å². The van der Waals surface area contributed by atoms with Crippen molar-refractivity contribution < 1.29 is 28.5 Å². The molecule has 1 aromatic heterocycles. The number of benzene rings is 2. The molecule has 0 spiro atoms. The second-order valence-corrected chi connectivity index (χ2v) is 13.3. The molecule has 1 aliphatic rings. The van der Waals surface area contributed by atoms with Crippen molar-refractivity contribution in [3.8, 4) is 5.75 Å². The molecule has 8 heteroatoms. The average molecular weight is 642 g/mol. The van der Waals surface area contributed by atoms with Crippen LogP contribution in [0.1, 0.15) is 87.8 Å². The van der Waals surface area contributed by atoms with Gasteiger partial charge in [-0.15, -0.1) is 11.3 Å². The van der Waals surface area contributed by atoms with E-state index < -0.39 is 0 Å². The van der Waals surface area contributed by atoms with E-state index >= 15 is 0 Å². The Morgan fingerprint density at radius 1 is 0.844 bits per heavy atom. The fourth-order valence-corrected chi connectivity index (χ4v) is 6.70. The highest BCUT2D eigenvalue weighted by Gasteiger charge is 2.42. The van der Waals surface area contributed by atoms with Crippen molar-refractivity contribution in [2.24, 2.45) is 0 Å². The third-order valence-corrected chi connectivity index (χ3v) is 9.13. The molecular weight excluding hydrogens is 586 g/mol. The van der Waals surface area contributed by atoms with Gasteiger partial charge in [0.1, 0.15) is 31.2 Å². The van der Waals surface area contributed by atoms with E-state index in [1.807, 2.05) is 25.4 Å². The Balaban J connectivity index is 1.67. The van der Waals surface area contributed by atoms with Crippen molar-refractivity contribution >= 4 is 21.4 Å². The maximum atomic E-state index is 6.92. The third kappa shape index (κ3) is 11.3. The van der Waals surface area contributed by atoms with E-state index in [1.165, 1.54) is 20.5 Å². The lowest BCUT2D eigenvalue weighted by molar-refractivity contribution is -0.214. The SMILES string of the molecule is CCCCOC[C@@H]1C[C@H](OCCCC)[C@@H](OCCCC)[C@H](c2cc(Cc3cc4ccccc4s3)ccc2OCCON(C)C)O1. The lowest BCUT2D eigenvalue weighted by Gasteiger charge is -2.42. The Hall–Kier alpha value is -2.04. The van der Waals surface area contributed by atoms with Crippen LogP contribution in [-0.4, -0.2) is 77.1 Å². The summed E-state index contributed by atoms with van der Waals surface area (Å²) in [5.41, 5.74) is 2.22. The van der Waals surface area contributed by atoms with Crippen molar-refractivity contribution in [2.45, 2.75) is 96.6 Å². The summed E-state index contributed by atoms with van der Waals surface area (Å²) in [6, 6.07) is 17.4. The normalized spacial score (nSPS) is 20.3. The van der Waals surface area contributed by atoms with E-state index in [1.54, 1.807) is 5.06 Å². The zero-order valence-corrected chi connectivity index (χ0v) is 28.9. The minimum atomic E-state index is -0.353. The molecule has 1 fully saturated rings. The summed E-state index contributed by atoms with van der Waals surface area (Å²) < 4.78 is 34.0. The van der Waals surface area contributed by atoms with Crippen LogP contribution in [0.4, 0.5) is 0 Å². The van der Waals surface area contributed by atoms with Crippen molar-refractivity contribution in [3.05, 3.63) is 64.5 Å². The second-order valence-electron chi connectivity index (χ2n) is 12.1. The molecule has 0 N–H and O–H groups in total. The molecule has 1 saturated heterocycles. The summed E-state index contributed by atoms with van der Waals surface area (Å²) in [6.07, 6.45) is 7.11. The van der Waals surface area contributed by atoms with Crippen LogP contribution in [-0.2, 0) is 30.2 Å². The standard InChI is InChI=1S/C37H55NO6S/c1-6-9-18-39-27-30-26-34(40-19-10-7-2)37(42-20-11-8-3)36(44-30)32-24-28(16-17-33(32)41-21-22-43-38(4)5)23-31-25-29-14-12-13-15-35(29)45-31/h12-17,24-25,30,34,36-37H,6-11,18-23,26-27H2,1-5H3/t30-,34-,36-,37+/m0/s1. The molecule has 0 saturated carbocycles. The highest BCUT2D eigenvalue weighted by molar-refractivity contribution is 7.19. The summed E-state index contributed by atoms with van der Waals surface area (Å²) in [7, 11) is 3.76. The number of hydrogen-bond donors (Lipinski definition) is 0. The number of hydroxylamine groups is 2. The summed E-state index contributed by atoms with van der Waals surface area (Å²) in [6.45, 7) is 10.1. The van der Waals surface area contributed by atoms with Crippen molar-refractivity contribution in [3.63, 3.8) is 0 Å². The quantitative estimate of drug-likeness (QED) is 0.0856. The lowest BCUT2D eigenvalue weighted by atomic mass is 9.91. The predicted molar refractivity (Wildman–Crippen MR) is 183 cm³/mol. The van der Waals surface area contributed by atoms with Gasteiger partial charge in [-0.2, -0.15) is 5.06 Å². The van der Waals surface area contributed by atoms with Gasteiger partial charge >= 0.3 is 0 Å². The van der Waals surface area contributed by atoms with Crippen molar-refractivity contribution in [1.29, 1.82) is 0 Å². The van der Waals surface area contributed by atoms with E-state index in [-0.39, 0.29) is 24.4 Å². The number of rotatable bonds is 21. The fourth-order valence-electron chi connectivity index (χ4n) is 5.61. The van der Waals surface area contributed by atoms with Gasteiger partial charge in [-0.25, -0.2) is 0 Å². The summed E-state index contributed by atoms with van der Waals surface area (Å²) in [4.78, 5) is 6.97.